The van der Waals surface area contributed by atoms with Gasteiger partial charge >= 0.3 is 0 Å². The Hall–Kier alpha value is -2.28. The SMILES string of the molecule is CCc1ccc(C(=O)N2CCCN(C(=O)c3cnccn3)CC2)s1. The Kier molecular flexibility index (Phi) is 5.20. The van der Waals surface area contributed by atoms with Crippen LogP contribution in [0.25, 0.3) is 0 Å². The summed E-state index contributed by atoms with van der Waals surface area (Å²) in [6.07, 6.45) is 6.25. The first-order chi connectivity index (χ1) is 11.7. The average molecular weight is 344 g/mol. The van der Waals surface area contributed by atoms with E-state index in [4.69, 9.17) is 0 Å². The number of carbonyl (C=O) groups is 2. The van der Waals surface area contributed by atoms with E-state index < -0.39 is 0 Å². The maximum atomic E-state index is 12.6. The summed E-state index contributed by atoms with van der Waals surface area (Å²) in [4.78, 5) is 38.7. The van der Waals surface area contributed by atoms with E-state index in [1.54, 1.807) is 22.4 Å². The summed E-state index contributed by atoms with van der Waals surface area (Å²) in [5.74, 6) is -0.0599. The molecule has 6 nitrogen and oxygen atoms in total. The van der Waals surface area contributed by atoms with Crippen LogP contribution >= 0.6 is 11.3 Å². The number of aromatic nitrogens is 2. The van der Waals surface area contributed by atoms with Gasteiger partial charge in [0.2, 0.25) is 0 Å². The van der Waals surface area contributed by atoms with E-state index in [-0.39, 0.29) is 11.8 Å². The zero-order valence-electron chi connectivity index (χ0n) is 13.6. The molecule has 1 saturated heterocycles. The molecule has 0 unspecified atom stereocenters. The van der Waals surface area contributed by atoms with Gasteiger partial charge in [-0.1, -0.05) is 6.92 Å². The Labute approximate surface area is 145 Å². The summed E-state index contributed by atoms with van der Waals surface area (Å²) in [6, 6.07) is 3.92. The van der Waals surface area contributed by atoms with Gasteiger partial charge in [-0.2, -0.15) is 0 Å². The van der Waals surface area contributed by atoms with Crippen molar-refractivity contribution in [1.82, 2.24) is 19.8 Å². The van der Waals surface area contributed by atoms with Gasteiger partial charge in [-0.3, -0.25) is 14.6 Å². The van der Waals surface area contributed by atoms with E-state index in [1.807, 2.05) is 17.0 Å². The maximum Gasteiger partial charge on any atom is 0.274 e. The molecule has 0 N–H and O–H groups in total. The third-order valence-electron chi connectivity index (χ3n) is 4.07. The van der Waals surface area contributed by atoms with Crippen LogP contribution < -0.4 is 0 Å². The normalized spacial score (nSPS) is 15.2. The molecule has 2 aromatic heterocycles. The molecular weight excluding hydrogens is 324 g/mol. The first-order valence-electron chi connectivity index (χ1n) is 8.12. The molecule has 0 radical (unpaired) electrons. The highest BCUT2D eigenvalue weighted by Crippen LogP contribution is 2.20. The van der Waals surface area contributed by atoms with Gasteiger partial charge in [0.15, 0.2) is 0 Å². The van der Waals surface area contributed by atoms with Crippen molar-refractivity contribution in [3.05, 3.63) is 46.2 Å². The van der Waals surface area contributed by atoms with Gasteiger partial charge in [-0.05, 0) is 25.0 Å². The lowest BCUT2D eigenvalue weighted by Crippen LogP contribution is -2.37. The highest BCUT2D eigenvalue weighted by atomic mass is 32.1. The minimum absolute atomic E-state index is 0.0634. The number of amides is 2. The molecule has 0 aromatic carbocycles. The molecule has 0 atom stereocenters. The molecule has 2 amide bonds. The van der Waals surface area contributed by atoms with E-state index in [0.29, 0.717) is 31.9 Å². The van der Waals surface area contributed by atoms with Crippen molar-refractivity contribution in [3.63, 3.8) is 0 Å². The standard InChI is InChI=1S/C17H20N4O2S/c1-2-13-4-5-15(24-13)17(23)21-9-3-8-20(10-11-21)16(22)14-12-18-6-7-19-14/h4-7,12H,2-3,8-11H2,1H3. The predicted molar refractivity (Wildman–Crippen MR) is 92.2 cm³/mol. The molecule has 0 bridgehead atoms. The van der Waals surface area contributed by atoms with E-state index >= 15 is 0 Å². The summed E-state index contributed by atoms with van der Waals surface area (Å²) in [5, 5.41) is 0. The van der Waals surface area contributed by atoms with Crippen molar-refractivity contribution < 1.29 is 9.59 Å². The average Bonchev–Trinajstić information content (AvgIpc) is 2.98. The molecule has 3 rings (SSSR count). The fourth-order valence-electron chi connectivity index (χ4n) is 2.73. The lowest BCUT2D eigenvalue weighted by atomic mass is 10.3. The molecule has 1 aliphatic rings. The maximum absolute atomic E-state index is 12.6. The number of carbonyl (C=O) groups excluding carboxylic acids is 2. The molecule has 0 saturated carbocycles. The lowest BCUT2D eigenvalue weighted by molar-refractivity contribution is 0.0717. The minimum atomic E-state index is -0.123. The smallest absolute Gasteiger partial charge is 0.274 e. The topological polar surface area (TPSA) is 66.4 Å². The van der Waals surface area contributed by atoms with Crippen molar-refractivity contribution >= 4 is 23.2 Å². The fraction of sp³-hybridized carbons (Fsp3) is 0.412. The second kappa shape index (κ2) is 7.53. The van der Waals surface area contributed by atoms with Gasteiger partial charge in [-0.15, -0.1) is 11.3 Å². The molecule has 7 heteroatoms. The molecule has 0 spiro atoms. The molecule has 1 fully saturated rings. The number of nitrogens with zero attached hydrogens (tertiary/aromatic N) is 4. The molecule has 24 heavy (non-hydrogen) atoms. The first-order valence-corrected chi connectivity index (χ1v) is 8.94. The number of aryl methyl sites for hydroxylation is 1. The zero-order chi connectivity index (χ0) is 16.9. The molecular formula is C17H20N4O2S. The van der Waals surface area contributed by atoms with E-state index in [9.17, 15) is 9.59 Å². The number of hydrogen-bond acceptors (Lipinski definition) is 5. The number of rotatable bonds is 3. The Morgan fingerprint density at radius 3 is 2.46 bits per heavy atom. The van der Waals surface area contributed by atoms with Crippen LogP contribution in [0.15, 0.2) is 30.7 Å². The lowest BCUT2D eigenvalue weighted by Gasteiger charge is -2.21. The second-order valence-corrected chi connectivity index (χ2v) is 6.82. The van der Waals surface area contributed by atoms with E-state index in [2.05, 4.69) is 16.9 Å². The van der Waals surface area contributed by atoms with Crippen LogP contribution in [-0.4, -0.2) is 57.8 Å². The van der Waals surface area contributed by atoms with Crippen LogP contribution in [0.3, 0.4) is 0 Å². The summed E-state index contributed by atoms with van der Waals surface area (Å²) in [5.41, 5.74) is 0.350. The van der Waals surface area contributed by atoms with Gasteiger partial charge in [0, 0.05) is 43.4 Å². The monoisotopic (exact) mass is 344 g/mol. The minimum Gasteiger partial charge on any atom is -0.336 e. The van der Waals surface area contributed by atoms with Crippen LogP contribution in [0.1, 0.15) is 38.4 Å². The second-order valence-electron chi connectivity index (χ2n) is 5.65. The van der Waals surface area contributed by atoms with Crippen LogP contribution in [0.4, 0.5) is 0 Å². The van der Waals surface area contributed by atoms with Crippen molar-refractivity contribution in [3.8, 4) is 0 Å². The van der Waals surface area contributed by atoms with Crippen LogP contribution in [0.5, 0.6) is 0 Å². The summed E-state index contributed by atoms with van der Waals surface area (Å²) >= 11 is 1.56. The number of hydrogen-bond donors (Lipinski definition) is 0. The first kappa shape index (κ1) is 16.6. The van der Waals surface area contributed by atoms with Gasteiger partial charge < -0.3 is 9.80 Å². The molecule has 3 heterocycles. The van der Waals surface area contributed by atoms with Crippen molar-refractivity contribution in [2.24, 2.45) is 0 Å². The highest BCUT2D eigenvalue weighted by Gasteiger charge is 2.24. The molecule has 2 aromatic rings. The van der Waals surface area contributed by atoms with Crippen molar-refractivity contribution in [2.45, 2.75) is 19.8 Å². The van der Waals surface area contributed by atoms with E-state index in [0.717, 1.165) is 17.7 Å². The third-order valence-corrected chi connectivity index (χ3v) is 5.29. The van der Waals surface area contributed by atoms with Crippen molar-refractivity contribution in [2.75, 3.05) is 26.2 Å². The summed E-state index contributed by atoms with van der Waals surface area (Å²) in [6.45, 7) is 4.45. The molecule has 1 aliphatic heterocycles. The van der Waals surface area contributed by atoms with Gasteiger partial charge in [0.25, 0.3) is 11.8 Å². The number of thiophene rings is 1. The van der Waals surface area contributed by atoms with Crippen LogP contribution in [0, 0.1) is 0 Å². The fourth-order valence-corrected chi connectivity index (χ4v) is 3.65. The van der Waals surface area contributed by atoms with Crippen molar-refractivity contribution in [1.29, 1.82) is 0 Å². The Morgan fingerprint density at radius 2 is 1.83 bits per heavy atom. The quantitative estimate of drug-likeness (QED) is 0.855. The van der Waals surface area contributed by atoms with E-state index in [1.165, 1.54) is 17.3 Å². The zero-order valence-corrected chi connectivity index (χ0v) is 14.5. The largest absolute Gasteiger partial charge is 0.336 e. The summed E-state index contributed by atoms with van der Waals surface area (Å²) < 4.78 is 0. The van der Waals surface area contributed by atoms with Gasteiger partial charge in [0.1, 0.15) is 5.69 Å². The Balaban J connectivity index is 1.64. The summed E-state index contributed by atoms with van der Waals surface area (Å²) in [7, 11) is 0. The van der Waals surface area contributed by atoms with Crippen LogP contribution in [-0.2, 0) is 6.42 Å². The third kappa shape index (κ3) is 3.62. The predicted octanol–water partition coefficient (Wildman–Crippen LogP) is 2.09. The van der Waals surface area contributed by atoms with Gasteiger partial charge in [0.05, 0.1) is 11.1 Å². The van der Waals surface area contributed by atoms with Crippen LogP contribution in [0.2, 0.25) is 0 Å². The Morgan fingerprint density at radius 1 is 1.08 bits per heavy atom. The molecule has 126 valence electrons. The van der Waals surface area contributed by atoms with Gasteiger partial charge in [-0.25, -0.2) is 4.98 Å². The highest BCUT2D eigenvalue weighted by molar-refractivity contribution is 7.14. The molecule has 0 aliphatic carbocycles. The Bertz CT molecular complexity index is 716.